The van der Waals surface area contributed by atoms with Gasteiger partial charge in [-0.3, -0.25) is 0 Å². The molecule has 112 valence electrons. The molecule has 3 N–H and O–H groups in total. The zero-order chi connectivity index (χ0) is 14.6. The van der Waals surface area contributed by atoms with Crippen molar-refractivity contribution in [2.24, 2.45) is 0 Å². The molecule has 0 amide bonds. The number of carbonyl (C=O) groups excluding carboxylic acids is 1. The van der Waals surface area contributed by atoms with Crippen LogP contribution in [0.1, 0.15) is 13.3 Å². The van der Waals surface area contributed by atoms with Crippen LogP contribution in [0.5, 0.6) is 0 Å². The molecule has 0 aliphatic carbocycles. The summed E-state index contributed by atoms with van der Waals surface area (Å²) >= 11 is 1.06. The molecule has 0 aromatic rings. The van der Waals surface area contributed by atoms with Crippen molar-refractivity contribution in [2.75, 3.05) is 12.9 Å². The maximum Gasteiger partial charge on any atom is 1.00 e. The van der Waals surface area contributed by atoms with Gasteiger partial charge >= 0.3 is 29.6 Å². The fourth-order valence-electron chi connectivity index (χ4n) is 1.81. The minimum absolute atomic E-state index is 0. The van der Waals surface area contributed by atoms with Gasteiger partial charge in [0.2, 0.25) is 0 Å². The van der Waals surface area contributed by atoms with Gasteiger partial charge in [0.05, 0.1) is 12.1 Å². The summed E-state index contributed by atoms with van der Waals surface area (Å²) in [7, 11) is 1.30. The molecule has 0 saturated carbocycles. The first-order valence-electron chi connectivity index (χ1n) is 5.97. The van der Waals surface area contributed by atoms with Gasteiger partial charge in [-0.25, -0.2) is 0 Å². The average Bonchev–Trinajstić information content (AvgIpc) is 2.38. The van der Waals surface area contributed by atoms with Crippen LogP contribution in [0.15, 0.2) is 0 Å². The Morgan fingerprint density at radius 3 is 2.40 bits per heavy atom. The second kappa shape index (κ2) is 9.60. The Kier molecular flexibility index (Phi) is 9.90. The van der Waals surface area contributed by atoms with E-state index in [1.54, 1.807) is 6.92 Å². The van der Waals surface area contributed by atoms with Gasteiger partial charge in [0, 0.05) is 18.1 Å². The van der Waals surface area contributed by atoms with Crippen LogP contribution in [-0.4, -0.2) is 70.1 Å². The number of aliphatic carboxylic acids is 1. The smallest absolute Gasteiger partial charge is 0.549 e. The van der Waals surface area contributed by atoms with Crippen LogP contribution in [0, 0.1) is 0 Å². The number of ether oxygens (including phenoxy) is 2. The van der Waals surface area contributed by atoms with E-state index in [-0.39, 0.29) is 35.3 Å². The molecule has 9 heteroatoms. The molecule has 1 heterocycles. The number of carboxylic acid groups (broad SMARTS) is 1. The number of methoxy groups -OCH3 is 1. The molecule has 1 aliphatic rings. The molecule has 6 atom stereocenters. The predicted octanol–water partition coefficient (Wildman–Crippen LogP) is -5.29. The van der Waals surface area contributed by atoms with Gasteiger partial charge in [-0.15, -0.1) is 11.8 Å². The molecular weight excluding hydrogens is 299 g/mol. The molecule has 1 unspecified atom stereocenters. The summed E-state index contributed by atoms with van der Waals surface area (Å²) in [6.07, 6.45) is -5.52. The number of hydrogen-bond donors (Lipinski definition) is 3. The topological polar surface area (TPSA) is 119 Å². The van der Waals surface area contributed by atoms with E-state index < -0.39 is 41.9 Å². The van der Waals surface area contributed by atoms with Crippen LogP contribution in [-0.2, 0) is 14.3 Å². The van der Waals surface area contributed by atoms with Crippen molar-refractivity contribution in [1.82, 2.24) is 0 Å². The fraction of sp³-hybridized carbons (Fsp3) is 0.909. The van der Waals surface area contributed by atoms with E-state index in [1.165, 1.54) is 7.11 Å². The second-order valence-corrected chi connectivity index (χ2v) is 5.54. The summed E-state index contributed by atoms with van der Waals surface area (Å²) < 4.78 is 10.1. The van der Waals surface area contributed by atoms with Crippen molar-refractivity contribution in [2.45, 2.75) is 49.3 Å². The first kappa shape index (κ1) is 20.6. The summed E-state index contributed by atoms with van der Waals surface area (Å²) in [5.74, 6) is -1.03. The van der Waals surface area contributed by atoms with Gasteiger partial charge in [-0.2, -0.15) is 0 Å². The molecule has 0 aromatic carbocycles. The molecule has 1 rings (SSSR count). The van der Waals surface area contributed by atoms with Gasteiger partial charge in [0.15, 0.2) is 6.29 Å². The van der Waals surface area contributed by atoms with Crippen molar-refractivity contribution in [3.63, 3.8) is 0 Å². The Balaban J connectivity index is 0.00000361. The quantitative estimate of drug-likeness (QED) is 0.416. The van der Waals surface area contributed by atoms with Gasteiger partial charge in [0.1, 0.15) is 18.3 Å². The first-order valence-corrected chi connectivity index (χ1v) is 7.02. The minimum atomic E-state index is -1.40. The third-order valence-corrected chi connectivity index (χ3v) is 4.45. The van der Waals surface area contributed by atoms with E-state index in [2.05, 4.69) is 0 Å². The normalized spacial score (nSPS) is 35.1. The Hall–Kier alpha value is 0.620. The van der Waals surface area contributed by atoms with Crippen LogP contribution in [0.25, 0.3) is 0 Å². The number of thioether (sulfide) groups is 1. The molecule has 20 heavy (non-hydrogen) atoms. The zero-order valence-electron chi connectivity index (χ0n) is 11.8. The summed E-state index contributed by atoms with van der Waals surface area (Å²) in [6, 6.07) is 0. The Labute approximate surface area is 143 Å². The van der Waals surface area contributed by atoms with Crippen LogP contribution in [0.2, 0.25) is 0 Å². The van der Waals surface area contributed by atoms with Gasteiger partial charge in [-0.05, 0) is 6.42 Å². The van der Waals surface area contributed by atoms with Crippen molar-refractivity contribution < 1.29 is 64.3 Å². The molecule has 7 nitrogen and oxygen atoms in total. The van der Waals surface area contributed by atoms with Crippen molar-refractivity contribution in [3.05, 3.63) is 0 Å². The molecule has 1 aliphatic heterocycles. The maximum absolute atomic E-state index is 10.8. The summed E-state index contributed by atoms with van der Waals surface area (Å²) in [5.41, 5.74) is 0. The first-order chi connectivity index (χ1) is 8.92. The molecule has 0 radical (unpaired) electrons. The summed E-state index contributed by atoms with van der Waals surface area (Å²) in [6.45, 7) is 1.71. The van der Waals surface area contributed by atoms with Crippen LogP contribution in [0.4, 0.5) is 0 Å². The number of aliphatic hydroxyl groups is 3. The number of carboxylic acids is 1. The Morgan fingerprint density at radius 2 is 1.95 bits per heavy atom. The summed E-state index contributed by atoms with van der Waals surface area (Å²) in [4.78, 5) is 10.8. The van der Waals surface area contributed by atoms with Crippen molar-refractivity contribution in [3.8, 4) is 0 Å². The van der Waals surface area contributed by atoms with E-state index in [1.807, 2.05) is 0 Å². The molecular formula is C11H19NaO7S. The van der Waals surface area contributed by atoms with Crippen LogP contribution >= 0.6 is 11.8 Å². The number of rotatable bonds is 6. The van der Waals surface area contributed by atoms with Gasteiger partial charge < -0.3 is 34.7 Å². The predicted molar refractivity (Wildman–Crippen MR) is 65.2 cm³/mol. The average molecular weight is 318 g/mol. The zero-order valence-corrected chi connectivity index (χ0v) is 14.6. The Bertz CT molecular complexity index is 304. The van der Waals surface area contributed by atoms with E-state index in [9.17, 15) is 25.2 Å². The van der Waals surface area contributed by atoms with E-state index >= 15 is 0 Å². The maximum atomic E-state index is 10.8. The monoisotopic (exact) mass is 318 g/mol. The largest absolute Gasteiger partial charge is 1.00 e. The SMILES string of the molecule is CCC(SC[C@@H]1O[C@@H](OC)[C@@H](O)[C@@H](O)[C@H]1O)C(=O)[O-].[Na+]. The summed E-state index contributed by atoms with van der Waals surface area (Å²) in [5, 5.41) is 39.1. The third-order valence-electron chi connectivity index (χ3n) is 3.00. The van der Waals surface area contributed by atoms with Crippen molar-refractivity contribution >= 4 is 17.7 Å². The number of hydrogen-bond acceptors (Lipinski definition) is 8. The molecule has 0 aromatic heterocycles. The fourth-order valence-corrected chi connectivity index (χ4v) is 2.88. The van der Waals surface area contributed by atoms with Gasteiger partial charge in [0.25, 0.3) is 0 Å². The Morgan fingerprint density at radius 1 is 1.35 bits per heavy atom. The van der Waals surface area contributed by atoms with E-state index in [0.29, 0.717) is 6.42 Å². The number of carbonyl (C=O) groups is 1. The van der Waals surface area contributed by atoms with Crippen LogP contribution in [0.3, 0.4) is 0 Å². The standard InChI is InChI=1S/C11H20O7S.Na/c1-3-6(10(15)16)19-4-5-7(12)8(13)9(14)11(17-2)18-5;/h5-9,11-14H,3-4H2,1-2H3,(H,15,16);/q;+1/p-1/t5-,6?,7-,8-,9-,11+;/m0./s1. The molecule has 0 spiro atoms. The molecule has 1 fully saturated rings. The van der Waals surface area contributed by atoms with Crippen LogP contribution < -0.4 is 34.7 Å². The van der Waals surface area contributed by atoms with E-state index in [0.717, 1.165) is 11.8 Å². The number of aliphatic hydroxyl groups excluding tert-OH is 3. The second-order valence-electron chi connectivity index (χ2n) is 4.30. The van der Waals surface area contributed by atoms with E-state index in [4.69, 9.17) is 9.47 Å². The molecule has 0 bridgehead atoms. The van der Waals surface area contributed by atoms with Gasteiger partial charge in [-0.1, -0.05) is 6.92 Å². The molecule has 1 saturated heterocycles. The minimum Gasteiger partial charge on any atom is -0.549 e. The third kappa shape index (κ3) is 5.11. The van der Waals surface area contributed by atoms with Crippen molar-refractivity contribution in [1.29, 1.82) is 0 Å².